The van der Waals surface area contributed by atoms with Crippen molar-refractivity contribution in [3.8, 4) is 0 Å². The summed E-state index contributed by atoms with van der Waals surface area (Å²) < 4.78 is 5.74. The first-order valence-corrected chi connectivity index (χ1v) is 7.07. The molecule has 1 aliphatic rings. The third-order valence-corrected chi connectivity index (χ3v) is 4.46. The molecule has 5 nitrogen and oxygen atoms in total. The summed E-state index contributed by atoms with van der Waals surface area (Å²) in [5.41, 5.74) is 0. The molecule has 1 fully saturated rings. The monoisotopic (exact) mass is 303 g/mol. The van der Waals surface area contributed by atoms with Gasteiger partial charge in [-0.3, -0.25) is 4.79 Å². The van der Waals surface area contributed by atoms with Gasteiger partial charge in [0, 0.05) is 11.4 Å². The van der Waals surface area contributed by atoms with Crippen LogP contribution in [0.2, 0.25) is 4.34 Å². The minimum Gasteiger partial charge on any atom is -0.479 e. The molecule has 2 heterocycles. The second-order valence-electron chi connectivity index (χ2n) is 4.35. The summed E-state index contributed by atoms with van der Waals surface area (Å²) >= 11 is 7.22. The van der Waals surface area contributed by atoms with E-state index in [9.17, 15) is 9.59 Å². The van der Waals surface area contributed by atoms with Crippen LogP contribution in [0.25, 0.3) is 0 Å². The molecule has 1 aliphatic heterocycles. The van der Waals surface area contributed by atoms with Gasteiger partial charge >= 0.3 is 5.97 Å². The summed E-state index contributed by atoms with van der Waals surface area (Å²) in [6, 6.07) is 3.58. The average Bonchev–Trinajstić information content (AvgIpc) is 2.84. The van der Waals surface area contributed by atoms with Crippen molar-refractivity contribution in [2.24, 2.45) is 0 Å². The molecule has 1 amide bonds. The van der Waals surface area contributed by atoms with Gasteiger partial charge in [-0.1, -0.05) is 11.6 Å². The Morgan fingerprint density at radius 3 is 2.89 bits per heavy atom. The normalized spacial score (nSPS) is 21.2. The Kier molecular flexibility index (Phi) is 4.44. The number of rotatable bonds is 3. The number of halogens is 1. The first-order chi connectivity index (χ1) is 8.99. The largest absolute Gasteiger partial charge is 0.479 e. The molecule has 104 valence electrons. The van der Waals surface area contributed by atoms with Gasteiger partial charge in [0.25, 0.3) is 0 Å². The Balaban J connectivity index is 2.04. The summed E-state index contributed by atoms with van der Waals surface area (Å²) in [4.78, 5) is 25.6. The second-order valence-corrected chi connectivity index (χ2v) is 6.09. The van der Waals surface area contributed by atoms with Gasteiger partial charge in [-0.25, -0.2) is 4.79 Å². The van der Waals surface area contributed by atoms with Crippen molar-refractivity contribution in [3.05, 3.63) is 21.3 Å². The number of hydrogen-bond acceptors (Lipinski definition) is 4. The van der Waals surface area contributed by atoms with E-state index in [0.717, 1.165) is 4.88 Å². The van der Waals surface area contributed by atoms with Crippen LogP contribution in [0.3, 0.4) is 0 Å². The molecule has 0 aliphatic carbocycles. The van der Waals surface area contributed by atoms with Crippen LogP contribution in [-0.4, -0.2) is 47.7 Å². The molecule has 0 spiro atoms. The number of hydrogen-bond donors (Lipinski definition) is 1. The maximum Gasteiger partial charge on any atom is 0.334 e. The van der Waals surface area contributed by atoms with Gasteiger partial charge in [-0.2, -0.15) is 0 Å². The van der Waals surface area contributed by atoms with Gasteiger partial charge in [-0.15, -0.1) is 11.3 Å². The van der Waals surface area contributed by atoms with Crippen LogP contribution in [0.15, 0.2) is 12.1 Å². The van der Waals surface area contributed by atoms with Crippen molar-refractivity contribution in [1.82, 2.24) is 4.90 Å². The van der Waals surface area contributed by atoms with E-state index in [1.807, 2.05) is 6.07 Å². The molecule has 0 radical (unpaired) electrons. The maximum absolute atomic E-state index is 12.3. The molecule has 2 rings (SSSR count). The summed E-state index contributed by atoms with van der Waals surface area (Å²) in [5.74, 6) is -1.44. The van der Waals surface area contributed by atoms with E-state index >= 15 is 0 Å². The predicted molar refractivity (Wildman–Crippen MR) is 71.7 cm³/mol. The minimum atomic E-state index is -1.04. The van der Waals surface area contributed by atoms with Crippen LogP contribution >= 0.6 is 22.9 Å². The van der Waals surface area contributed by atoms with Crippen LogP contribution in [0, 0.1) is 0 Å². The molecular formula is C12H14ClNO4S. The lowest BCUT2D eigenvalue weighted by molar-refractivity contribution is -0.159. The number of amides is 1. The first-order valence-electron chi connectivity index (χ1n) is 5.87. The lowest BCUT2D eigenvalue weighted by Crippen LogP contribution is -2.49. The van der Waals surface area contributed by atoms with Gasteiger partial charge in [0.15, 0.2) is 6.10 Å². The van der Waals surface area contributed by atoms with Crippen molar-refractivity contribution >= 4 is 34.8 Å². The molecule has 1 N–H and O–H groups in total. The number of morpholine rings is 1. The number of aliphatic carboxylic acids is 1. The zero-order chi connectivity index (χ0) is 14.0. The zero-order valence-corrected chi connectivity index (χ0v) is 11.9. The van der Waals surface area contributed by atoms with Gasteiger partial charge < -0.3 is 14.7 Å². The van der Waals surface area contributed by atoms with E-state index in [1.165, 1.54) is 11.3 Å². The summed E-state index contributed by atoms with van der Waals surface area (Å²) in [6.45, 7) is 2.57. The standard InChI is InChI=1S/C12H14ClNO4S/c1-7(9-2-3-10(13)19-9)11(15)14-4-5-18-8(6-14)12(16)17/h2-3,7-8H,4-6H2,1H3,(H,16,17)/t7-,8-/m1/s1. The molecule has 19 heavy (non-hydrogen) atoms. The van der Waals surface area contributed by atoms with E-state index in [4.69, 9.17) is 21.4 Å². The van der Waals surface area contributed by atoms with E-state index in [0.29, 0.717) is 10.9 Å². The fourth-order valence-corrected chi connectivity index (χ4v) is 3.06. The lowest BCUT2D eigenvalue weighted by Gasteiger charge is -2.32. The summed E-state index contributed by atoms with van der Waals surface area (Å²) in [6.07, 6.45) is -0.933. The molecule has 1 aromatic heterocycles. The van der Waals surface area contributed by atoms with Gasteiger partial charge in [0.05, 0.1) is 23.4 Å². The quantitative estimate of drug-likeness (QED) is 0.925. The highest BCUT2D eigenvalue weighted by atomic mass is 35.5. The van der Waals surface area contributed by atoms with Crippen molar-refractivity contribution < 1.29 is 19.4 Å². The topological polar surface area (TPSA) is 66.8 Å². The van der Waals surface area contributed by atoms with Crippen LogP contribution in [0.4, 0.5) is 0 Å². The van der Waals surface area contributed by atoms with E-state index < -0.39 is 12.1 Å². The fraction of sp³-hybridized carbons (Fsp3) is 0.500. The predicted octanol–water partition coefficient (Wildman–Crippen LogP) is 1.82. The molecular weight excluding hydrogens is 290 g/mol. The van der Waals surface area contributed by atoms with Crippen LogP contribution in [0.5, 0.6) is 0 Å². The van der Waals surface area contributed by atoms with Gasteiger partial charge in [0.1, 0.15) is 0 Å². The van der Waals surface area contributed by atoms with Crippen molar-refractivity contribution in [2.45, 2.75) is 18.9 Å². The van der Waals surface area contributed by atoms with E-state index in [-0.39, 0.29) is 25.0 Å². The first kappa shape index (κ1) is 14.3. The lowest BCUT2D eigenvalue weighted by atomic mass is 10.1. The van der Waals surface area contributed by atoms with E-state index in [1.54, 1.807) is 17.9 Å². The number of carbonyl (C=O) groups is 2. The molecule has 0 saturated carbocycles. The Morgan fingerprint density at radius 2 is 2.32 bits per heavy atom. The van der Waals surface area contributed by atoms with Crippen LogP contribution in [-0.2, 0) is 14.3 Å². The molecule has 0 bridgehead atoms. The molecule has 0 aromatic carbocycles. The van der Waals surface area contributed by atoms with E-state index in [2.05, 4.69) is 0 Å². The highest BCUT2D eigenvalue weighted by Crippen LogP contribution is 2.29. The van der Waals surface area contributed by atoms with Crippen LogP contribution < -0.4 is 0 Å². The minimum absolute atomic E-state index is 0.0898. The number of nitrogens with zero attached hydrogens (tertiary/aromatic N) is 1. The maximum atomic E-state index is 12.3. The highest BCUT2D eigenvalue weighted by molar-refractivity contribution is 7.16. The number of carbonyl (C=O) groups excluding carboxylic acids is 1. The van der Waals surface area contributed by atoms with Gasteiger partial charge in [0.2, 0.25) is 5.91 Å². The SMILES string of the molecule is C[C@@H](C(=O)N1CCO[C@@H](C(=O)O)C1)c1ccc(Cl)s1. The molecule has 2 atom stereocenters. The number of ether oxygens (including phenoxy) is 1. The molecule has 7 heteroatoms. The van der Waals surface area contributed by atoms with Crippen molar-refractivity contribution in [3.63, 3.8) is 0 Å². The van der Waals surface area contributed by atoms with Crippen molar-refractivity contribution in [1.29, 1.82) is 0 Å². The molecule has 1 aromatic rings. The highest BCUT2D eigenvalue weighted by Gasteiger charge is 2.31. The smallest absolute Gasteiger partial charge is 0.334 e. The Morgan fingerprint density at radius 1 is 1.58 bits per heavy atom. The Hall–Kier alpha value is -1.11. The Bertz CT molecular complexity index is 490. The fourth-order valence-electron chi connectivity index (χ4n) is 1.96. The molecule has 1 saturated heterocycles. The third kappa shape index (κ3) is 3.26. The zero-order valence-electron chi connectivity index (χ0n) is 10.3. The average molecular weight is 304 g/mol. The summed E-state index contributed by atoms with van der Waals surface area (Å²) in [7, 11) is 0. The van der Waals surface area contributed by atoms with Gasteiger partial charge in [-0.05, 0) is 19.1 Å². The molecule has 0 unspecified atom stereocenters. The Labute approximate surface area is 119 Å². The second kappa shape index (κ2) is 5.90. The third-order valence-electron chi connectivity index (χ3n) is 3.04. The number of carboxylic acids is 1. The number of carboxylic acid groups (broad SMARTS) is 1. The van der Waals surface area contributed by atoms with Crippen LogP contribution in [0.1, 0.15) is 17.7 Å². The summed E-state index contributed by atoms with van der Waals surface area (Å²) in [5, 5.41) is 8.92. The van der Waals surface area contributed by atoms with Crippen molar-refractivity contribution in [2.75, 3.05) is 19.7 Å². The number of thiophene rings is 1.